The molecular weight excluding hydrogens is 150 g/mol. The summed E-state index contributed by atoms with van der Waals surface area (Å²) in [6.07, 6.45) is 5.26. The third-order valence-electron chi connectivity index (χ3n) is 2.15. The largest absolute Gasteiger partial charge is 0.354 e. The van der Waals surface area contributed by atoms with Crippen molar-refractivity contribution in [3.05, 3.63) is 0 Å². The Morgan fingerprint density at radius 1 is 1.17 bits per heavy atom. The van der Waals surface area contributed by atoms with E-state index in [0.29, 0.717) is 12.1 Å². The van der Waals surface area contributed by atoms with Gasteiger partial charge in [-0.05, 0) is 32.6 Å². The lowest BCUT2D eigenvalue weighted by Crippen LogP contribution is -2.39. The van der Waals surface area contributed by atoms with E-state index in [4.69, 9.17) is 0 Å². The lowest BCUT2D eigenvalue weighted by atomic mass is 10.6. The molecule has 3 nitrogen and oxygen atoms in total. The molecule has 2 aliphatic rings. The summed E-state index contributed by atoms with van der Waals surface area (Å²) < 4.78 is 0. The van der Waals surface area contributed by atoms with Crippen LogP contribution in [0.1, 0.15) is 32.6 Å². The van der Waals surface area contributed by atoms with Crippen molar-refractivity contribution in [1.82, 2.24) is 10.6 Å². The maximum Gasteiger partial charge on any atom is 0.191 e. The fourth-order valence-electron chi connectivity index (χ4n) is 1.13. The van der Waals surface area contributed by atoms with E-state index in [1.54, 1.807) is 0 Å². The van der Waals surface area contributed by atoms with Crippen molar-refractivity contribution < 1.29 is 0 Å². The van der Waals surface area contributed by atoms with Crippen LogP contribution in [0.2, 0.25) is 0 Å². The lowest BCUT2D eigenvalue weighted by Gasteiger charge is -2.09. The molecule has 68 valence electrons. The predicted octanol–water partition coefficient (Wildman–Crippen LogP) is 0.866. The second kappa shape index (κ2) is 3.33. The molecule has 2 saturated carbocycles. The van der Waals surface area contributed by atoms with Crippen molar-refractivity contribution in [1.29, 1.82) is 0 Å². The average Bonchev–Trinajstić information content (AvgIpc) is 2.82. The van der Waals surface area contributed by atoms with E-state index in [0.717, 1.165) is 12.5 Å². The zero-order valence-corrected chi connectivity index (χ0v) is 7.64. The average molecular weight is 167 g/mol. The van der Waals surface area contributed by atoms with Gasteiger partial charge in [-0.2, -0.15) is 0 Å². The van der Waals surface area contributed by atoms with Gasteiger partial charge in [0.05, 0.1) is 0 Å². The SMILES string of the molecule is CCN=C(NC1CC1)NC1CC1. The smallest absolute Gasteiger partial charge is 0.191 e. The highest BCUT2D eigenvalue weighted by molar-refractivity contribution is 5.81. The van der Waals surface area contributed by atoms with Crippen LogP contribution in [0.5, 0.6) is 0 Å². The Kier molecular flexibility index (Phi) is 2.19. The Morgan fingerprint density at radius 2 is 1.67 bits per heavy atom. The Morgan fingerprint density at radius 3 is 2.00 bits per heavy atom. The Hall–Kier alpha value is -0.730. The van der Waals surface area contributed by atoms with Crippen molar-refractivity contribution in [3.8, 4) is 0 Å². The fourth-order valence-corrected chi connectivity index (χ4v) is 1.13. The molecular formula is C9H17N3. The van der Waals surface area contributed by atoms with E-state index in [1.807, 2.05) is 0 Å². The Labute approximate surface area is 73.6 Å². The molecule has 0 heterocycles. The first kappa shape index (κ1) is 7.90. The van der Waals surface area contributed by atoms with E-state index < -0.39 is 0 Å². The minimum atomic E-state index is 0.710. The summed E-state index contributed by atoms with van der Waals surface area (Å²) in [6.45, 7) is 2.94. The van der Waals surface area contributed by atoms with E-state index in [2.05, 4.69) is 22.5 Å². The molecule has 2 N–H and O–H groups in total. The standard InChI is InChI=1S/C9H17N3/c1-2-10-9(11-7-3-4-7)12-8-5-6-8/h7-8H,2-6H2,1H3,(H2,10,11,12). The van der Waals surface area contributed by atoms with Crippen LogP contribution in [0.25, 0.3) is 0 Å². The minimum absolute atomic E-state index is 0.710. The number of nitrogens with one attached hydrogen (secondary N) is 2. The zero-order chi connectivity index (χ0) is 8.39. The molecule has 12 heavy (non-hydrogen) atoms. The molecule has 0 aromatic heterocycles. The van der Waals surface area contributed by atoms with Gasteiger partial charge < -0.3 is 10.6 Å². The van der Waals surface area contributed by atoms with Gasteiger partial charge in [-0.25, -0.2) is 0 Å². The van der Waals surface area contributed by atoms with Gasteiger partial charge in [0, 0.05) is 18.6 Å². The molecule has 0 aromatic carbocycles. The minimum Gasteiger partial charge on any atom is -0.354 e. The molecule has 0 aliphatic heterocycles. The third-order valence-corrected chi connectivity index (χ3v) is 2.15. The summed E-state index contributed by atoms with van der Waals surface area (Å²) in [5.74, 6) is 1.03. The lowest BCUT2D eigenvalue weighted by molar-refractivity contribution is 0.795. The Bertz CT molecular complexity index is 164. The molecule has 0 aromatic rings. The zero-order valence-electron chi connectivity index (χ0n) is 7.64. The molecule has 0 atom stereocenters. The topological polar surface area (TPSA) is 36.4 Å². The summed E-state index contributed by atoms with van der Waals surface area (Å²) in [7, 11) is 0. The molecule has 0 saturated heterocycles. The number of hydrogen-bond acceptors (Lipinski definition) is 1. The van der Waals surface area contributed by atoms with Gasteiger partial charge in [0.15, 0.2) is 5.96 Å². The molecule has 0 amide bonds. The second-order valence-electron chi connectivity index (χ2n) is 3.66. The monoisotopic (exact) mass is 167 g/mol. The maximum absolute atomic E-state index is 4.38. The molecule has 0 bridgehead atoms. The molecule has 2 aliphatic carbocycles. The first-order chi connectivity index (χ1) is 5.88. The maximum atomic E-state index is 4.38. The summed E-state index contributed by atoms with van der Waals surface area (Å²) in [5.41, 5.74) is 0. The second-order valence-corrected chi connectivity index (χ2v) is 3.66. The van der Waals surface area contributed by atoms with Gasteiger partial charge in [0.2, 0.25) is 0 Å². The number of aliphatic imine (C=N–C) groups is 1. The molecule has 3 heteroatoms. The first-order valence-corrected chi connectivity index (χ1v) is 4.96. The van der Waals surface area contributed by atoms with Gasteiger partial charge in [0.1, 0.15) is 0 Å². The summed E-state index contributed by atoms with van der Waals surface area (Å²) in [6, 6.07) is 1.42. The van der Waals surface area contributed by atoms with Crippen LogP contribution in [0.4, 0.5) is 0 Å². The third kappa shape index (κ3) is 2.40. The van der Waals surface area contributed by atoms with Gasteiger partial charge in [-0.3, -0.25) is 4.99 Å². The van der Waals surface area contributed by atoms with Crippen molar-refractivity contribution in [2.75, 3.05) is 6.54 Å². The highest BCUT2D eigenvalue weighted by atomic mass is 15.2. The highest BCUT2D eigenvalue weighted by Crippen LogP contribution is 2.20. The summed E-state index contributed by atoms with van der Waals surface area (Å²) in [4.78, 5) is 4.38. The molecule has 0 spiro atoms. The summed E-state index contributed by atoms with van der Waals surface area (Å²) >= 11 is 0. The number of rotatable bonds is 3. The van der Waals surface area contributed by atoms with Crippen molar-refractivity contribution >= 4 is 5.96 Å². The van der Waals surface area contributed by atoms with Crippen LogP contribution in [0.15, 0.2) is 4.99 Å². The first-order valence-electron chi connectivity index (χ1n) is 4.96. The van der Waals surface area contributed by atoms with E-state index in [1.165, 1.54) is 25.7 Å². The van der Waals surface area contributed by atoms with E-state index in [9.17, 15) is 0 Å². The van der Waals surface area contributed by atoms with Crippen LogP contribution in [-0.4, -0.2) is 24.6 Å². The van der Waals surface area contributed by atoms with E-state index >= 15 is 0 Å². The predicted molar refractivity (Wildman–Crippen MR) is 50.3 cm³/mol. The van der Waals surface area contributed by atoms with Gasteiger partial charge in [-0.1, -0.05) is 0 Å². The summed E-state index contributed by atoms with van der Waals surface area (Å²) in [5, 5.41) is 6.80. The number of guanidine groups is 1. The van der Waals surface area contributed by atoms with Crippen LogP contribution < -0.4 is 10.6 Å². The van der Waals surface area contributed by atoms with Gasteiger partial charge in [-0.15, -0.1) is 0 Å². The molecule has 2 fully saturated rings. The quantitative estimate of drug-likeness (QED) is 0.483. The Balaban J connectivity index is 1.77. The number of hydrogen-bond donors (Lipinski definition) is 2. The molecule has 0 unspecified atom stereocenters. The highest BCUT2D eigenvalue weighted by Gasteiger charge is 2.26. The van der Waals surface area contributed by atoms with Gasteiger partial charge >= 0.3 is 0 Å². The van der Waals surface area contributed by atoms with Crippen LogP contribution >= 0.6 is 0 Å². The normalized spacial score (nSPS) is 21.8. The molecule has 2 rings (SSSR count). The van der Waals surface area contributed by atoms with Crippen LogP contribution in [0, 0.1) is 0 Å². The van der Waals surface area contributed by atoms with Crippen LogP contribution in [-0.2, 0) is 0 Å². The van der Waals surface area contributed by atoms with Crippen LogP contribution in [0.3, 0.4) is 0 Å². The van der Waals surface area contributed by atoms with E-state index in [-0.39, 0.29) is 0 Å². The van der Waals surface area contributed by atoms with Gasteiger partial charge in [0.25, 0.3) is 0 Å². The number of nitrogens with zero attached hydrogens (tertiary/aromatic N) is 1. The van der Waals surface area contributed by atoms with Crippen molar-refractivity contribution in [2.45, 2.75) is 44.7 Å². The van der Waals surface area contributed by atoms with Crippen molar-refractivity contribution in [2.24, 2.45) is 4.99 Å². The molecule has 0 radical (unpaired) electrons. The van der Waals surface area contributed by atoms with Crippen molar-refractivity contribution in [3.63, 3.8) is 0 Å². The fraction of sp³-hybridized carbons (Fsp3) is 0.889.